The molecule has 168 valence electrons. The average Bonchev–Trinajstić information content (AvgIpc) is 2.70. The van der Waals surface area contributed by atoms with Crippen LogP contribution in [0.15, 0.2) is 24.3 Å². The Balaban J connectivity index is 2.09. The molecule has 1 heterocycles. The lowest BCUT2D eigenvalue weighted by Gasteiger charge is -2.39. The second-order valence-corrected chi connectivity index (χ2v) is 8.43. The van der Waals surface area contributed by atoms with E-state index in [1.807, 2.05) is 31.2 Å². The van der Waals surface area contributed by atoms with E-state index in [1.54, 1.807) is 6.92 Å². The fourth-order valence-electron chi connectivity index (χ4n) is 3.60. The standard InChI is InChI=1S/C23H35NO6/c1-5-6-20(26)24-18-13-29-19(12-25)21(27)22(18)30-23(28)15(4)17-9-7-16(8-10-17)11-14(2)3/h7-10,14-15,18-19,21-22,25,27H,5-6,11-13H2,1-4H3,(H,24,26)/t15?,18?,19?,21-,22?/m1/s1. The minimum Gasteiger partial charge on any atom is -0.457 e. The Hall–Kier alpha value is -1.96. The molecule has 7 heteroatoms. The van der Waals surface area contributed by atoms with Crippen molar-refractivity contribution < 1.29 is 29.3 Å². The minimum atomic E-state index is -1.24. The predicted molar refractivity (Wildman–Crippen MR) is 113 cm³/mol. The number of aliphatic hydroxyl groups is 2. The lowest BCUT2D eigenvalue weighted by molar-refractivity contribution is -0.191. The summed E-state index contributed by atoms with van der Waals surface area (Å²) < 4.78 is 11.1. The molecule has 5 atom stereocenters. The van der Waals surface area contributed by atoms with Gasteiger partial charge in [-0.1, -0.05) is 45.0 Å². The van der Waals surface area contributed by atoms with E-state index in [2.05, 4.69) is 19.2 Å². The maximum Gasteiger partial charge on any atom is 0.313 e. The molecule has 3 N–H and O–H groups in total. The number of hydrogen-bond donors (Lipinski definition) is 3. The summed E-state index contributed by atoms with van der Waals surface area (Å²) in [7, 11) is 0. The van der Waals surface area contributed by atoms with Gasteiger partial charge in [0.25, 0.3) is 0 Å². The highest BCUT2D eigenvalue weighted by atomic mass is 16.6. The van der Waals surface area contributed by atoms with Gasteiger partial charge in [-0.25, -0.2) is 0 Å². The Morgan fingerprint density at radius 2 is 1.90 bits per heavy atom. The molecular formula is C23H35NO6. The van der Waals surface area contributed by atoms with E-state index in [9.17, 15) is 19.8 Å². The number of ether oxygens (including phenoxy) is 2. The monoisotopic (exact) mass is 421 g/mol. The molecule has 0 saturated carbocycles. The number of carbonyl (C=O) groups excluding carboxylic acids is 2. The van der Waals surface area contributed by atoms with Crippen molar-refractivity contribution in [3.63, 3.8) is 0 Å². The Bertz CT molecular complexity index is 689. The molecule has 4 unspecified atom stereocenters. The zero-order chi connectivity index (χ0) is 22.3. The molecule has 7 nitrogen and oxygen atoms in total. The van der Waals surface area contributed by atoms with Crippen LogP contribution in [-0.2, 0) is 25.5 Å². The lowest BCUT2D eigenvalue weighted by Crippen LogP contribution is -2.61. The molecule has 0 aromatic heterocycles. The third kappa shape index (κ3) is 6.52. The van der Waals surface area contributed by atoms with E-state index in [-0.39, 0.29) is 12.5 Å². The van der Waals surface area contributed by atoms with Crippen LogP contribution in [0.25, 0.3) is 0 Å². The quantitative estimate of drug-likeness (QED) is 0.526. The van der Waals surface area contributed by atoms with Gasteiger partial charge in [-0.3, -0.25) is 9.59 Å². The third-order valence-corrected chi connectivity index (χ3v) is 5.34. The van der Waals surface area contributed by atoms with Gasteiger partial charge in [-0.05, 0) is 36.8 Å². The zero-order valence-electron chi connectivity index (χ0n) is 18.3. The lowest BCUT2D eigenvalue weighted by atomic mass is 9.95. The van der Waals surface area contributed by atoms with Gasteiger partial charge >= 0.3 is 5.97 Å². The van der Waals surface area contributed by atoms with E-state index in [1.165, 1.54) is 5.56 Å². The van der Waals surface area contributed by atoms with E-state index in [4.69, 9.17) is 9.47 Å². The largest absolute Gasteiger partial charge is 0.457 e. The van der Waals surface area contributed by atoms with E-state index >= 15 is 0 Å². The van der Waals surface area contributed by atoms with E-state index in [0.29, 0.717) is 18.8 Å². The van der Waals surface area contributed by atoms with Crippen LogP contribution < -0.4 is 5.32 Å². The fourth-order valence-corrected chi connectivity index (χ4v) is 3.60. The van der Waals surface area contributed by atoms with Crippen LogP contribution in [0.1, 0.15) is 57.6 Å². The van der Waals surface area contributed by atoms with Gasteiger partial charge in [0, 0.05) is 6.42 Å². The van der Waals surface area contributed by atoms with Gasteiger partial charge in [-0.15, -0.1) is 0 Å². The summed E-state index contributed by atoms with van der Waals surface area (Å²) >= 11 is 0. The van der Waals surface area contributed by atoms with Crippen molar-refractivity contribution in [3.8, 4) is 0 Å². The first-order valence-electron chi connectivity index (χ1n) is 10.8. The number of esters is 1. The van der Waals surface area contributed by atoms with Crippen LogP contribution >= 0.6 is 0 Å². The number of benzene rings is 1. The molecule has 1 aliphatic rings. The van der Waals surface area contributed by atoms with E-state index in [0.717, 1.165) is 12.0 Å². The van der Waals surface area contributed by atoms with Crippen molar-refractivity contribution in [1.82, 2.24) is 5.32 Å². The summed E-state index contributed by atoms with van der Waals surface area (Å²) in [5.41, 5.74) is 2.03. The van der Waals surface area contributed by atoms with Crippen LogP contribution in [0.5, 0.6) is 0 Å². The van der Waals surface area contributed by atoms with Crippen molar-refractivity contribution in [2.75, 3.05) is 13.2 Å². The topological polar surface area (TPSA) is 105 Å². The molecule has 1 fully saturated rings. The maximum atomic E-state index is 12.8. The fraction of sp³-hybridized carbons (Fsp3) is 0.652. The van der Waals surface area contributed by atoms with Crippen LogP contribution in [0.2, 0.25) is 0 Å². The number of rotatable bonds is 9. The number of aliphatic hydroxyl groups excluding tert-OH is 2. The molecule has 1 amide bonds. The summed E-state index contributed by atoms with van der Waals surface area (Å²) in [5.74, 6) is -0.681. The Morgan fingerprint density at radius 1 is 1.23 bits per heavy atom. The van der Waals surface area contributed by atoms with Gasteiger partial charge in [-0.2, -0.15) is 0 Å². The summed E-state index contributed by atoms with van der Waals surface area (Å²) in [6.45, 7) is 7.59. The molecular weight excluding hydrogens is 386 g/mol. The van der Waals surface area contributed by atoms with Crippen LogP contribution in [0.4, 0.5) is 0 Å². The van der Waals surface area contributed by atoms with E-state index < -0.39 is 42.8 Å². The average molecular weight is 422 g/mol. The van der Waals surface area contributed by atoms with Crippen molar-refractivity contribution in [2.24, 2.45) is 5.92 Å². The molecule has 0 radical (unpaired) electrons. The van der Waals surface area contributed by atoms with Crippen molar-refractivity contribution in [1.29, 1.82) is 0 Å². The summed E-state index contributed by atoms with van der Waals surface area (Å²) in [4.78, 5) is 24.8. The number of nitrogens with one attached hydrogen (secondary N) is 1. The zero-order valence-corrected chi connectivity index (χ0v) is 18.3. The molecule has 1 saturated heterocycles. The number of hydrogen-bond acceptors (Lipinski definition) is 6. The number of amides is 1. The van der Waals surface area contributed by atoms with Crippen molar-refractivity contribution >= 4 is 11.9 Å². The highest BCUT2D eigenvalue weighted by Gasteiger charge is 2.43. The number of carbonyl (C=O) groups is 2. The molecule has 1 aromatic carbocycles. The molecule has 0 bridgehead atoms. The Labute approximate surface area is 178 Å². The molecule has 0 aliphatic carbocycles. The third-order valence-electron chi connectivity index (χ3n) is 5.34. The first-order valence-corrected chi connectivity index (χ1v) is 10.8. The SMILES string of the molecule is CCCC(=O)NC1COC(CO)[C@@H](O)C1OC(=O)C(C)c1ccc(CC(C)C)cc1. The maximum absolute atomic E-state index is 12.8. The Kier molecular flexibility index (Phi) is 9.27. The van der Waals surface area contributed by atoms with Gasteiger partial charge in [0.1, 0.15) is 12.2 Å². The molecule has 0 spiro atoms. The molecule has 1 aromatic rings. The predicted octanol–water partition coefficient (Wildman–Crippen LogP) is 1.94. The summed E-state index contributed by atoms with van der Waals surface area (Å²) in [5, 5.41) is 22.8. The first kappa shape index (κ1) is 24.3. The van der Waals surface area contributed by atoms with Gasteiger partial charge in [0.15, 0.2) is 6.10 Å². The molecule has 30 heavy (non-hydrogen) atoms. The second-order valence-electron chi connectivity index (χ2n) is 8.43. The highest BCUT2D eigenvalue weighted by molar-refractivity contribution is 5.78. The molecule has 1 aliphatic heterocycles. The summed E-state index contributed by atoms with van der Waals surface area (Å²) in [6, 6.07) is 7.18. The first-order chi connectivity index (χ1) is 14.3. The summed E-state index contributed by atoms with van der Waals surface area (Å²) in [6.07, 6.45) is -1.12. The van der Waals surface area contributed by atoms with Crippen LogP contribution in [-0.4, -0.2) is 59.7 Å². The van der Waals surface area contributed by atoms with Crippen molar-refractivity contribution in [3.05, 3.63) is 35.4 Å². The Morgan fingerprint density at radius 3 is 2.47 bits per heavy atom. The highest BCUT2D eigenvalue weighted by Crippen LogP contribution is 2.24. The van der Waals surface area contributed by atoms with Crippen LogP contribution in [0, 0.1) is 5.92 Å². The van der Waals surface area contributed by atoms with Crippen molar-refractivity contribution in [2.45, 2.75) is 77.2 Å². The minimum absolute atomic E-state index is 0.0496. The smallest absolute Gasteiger partial charge is 0.313 e. The normalized spacial score (nSPS) is 25.0. The van der Waals surface area contributed by atoms with Crippen LogP contribution in [0.3, 0.4) is 0 Å². The van der Waals surface area contributed by atoms with Gasteiger partial charge in [0.2, 0.25) is 5.91 Å². The van der Waals surface area contributed by atoms with Gasteiger partial charge < -0.3 is 25.0 Å². The second kappa shape index (κ2) is 11.4. The molecule has 2 rings (SSSR count). The van der Waals surface area contributed by atoms with Gasteiger partial charge in [0.05, 0.1) is 25.2 Å².